The van der Waals surface area contributed by atoms with Crippen LogP contribution in [0, 0.1) is 0 Å². The fourth-order valence-corrected chi connectivity index (χ4v) is 1.77. The molecule has 0 saturated carbocycles. The highest BCUT2D eigenvalue weighted by Crippen LogP contribution is 2.05. The summed E-state index contributed by atoms with van der Waals surface area (Å²) in [5.41, 5.74) is 0. The SMILES string of the molecule is CCCCCCCn1ncnc1CNC(C)C. The summed E-state index contributed by atoms with van der Waals surface area (Å²) in [6, 6.07) is 0.490. The van der Waals surface area contributed by atoms with E-state index in [0.29, 0.717) is 6.04 Å². The van der Waals surface area contributed by atoms with Crippen LogP contribution in [0.2, 0.25) is 0 Å². The van der Waals surface area contributed by atoms with Crippen LogP contribution in [0.15, 0.2) is 6.33 Å². The van der Waals surface area contributed by atoms with Crippen molar-refractivity contribution in [2.45, 2.75) is 72.0 Å². The lowest BCUT2D eigenvalue weighted by Crippen LogP contribution is -2.24. The summed E-state index contributed by atoms with van der Waals surface area (Å²) in [6.07, 6.45) is 8.14. The molecule has 0 aromatic carbocycles. The molecule has 0 amide bonds. The van der Waals surface area contributed by atoms with E-state index in [1.54, 1.807) is 6.33 Å². The van der Waals surface area contributed by atoms with Gasteiger partial charge in [0.25, 0.3) is 0 Å². The van der Waals surface area contributed by atoms with E-state index >= 15 is 0 Å². The minimum Gasteiger partial charge on any atom is -0.308 e. The van der Waals surface area contributed by atoms with Crippen LogP contribution in [-0.4, -0.2) is 20.8 Å². The molecule has 0 saturated heterocycles. The normalized spacial score (nSPS) is 11.3. The van der Waals surface area contributed by atoms with Crippen LogP contribution in [0.3, 0.4) is 0 Å². The third-order valence-corrected chi connectivity index (χ3v) is 2.84. The number of nitrogens with one attached hydrogen (secondary N) is 1. The molecule has 0 aliphatic rings. The molecule has 1 heterocycles. The van der Waals surface area contributed by atoms with Crippen molar-refractivity contribution in [3.63, 3.8) is 0 Å². The summed E-state index contributed by atoms with van der Waals surface area (Å²) in [4.78, 5) is 4.29. The molecule has 0 aliphatic carbocycles. The van der Waals surface area contributed by atoms with Gasteiger partial charge in [0.1, 0.15) is 12.2 Å². The number of hydrogen-bond acceptors (Lipinski definition) is 3. The molecule has 0 unspecified atom stereocenters. The van der Waals surface area contributed by atoms with Crippen molar-refractivity contribution in [2.24, 2.45) is 0 Å². The second-order valence-electron chi connectivity index (χ2n) is 4.85. The van der Waals surface area contributed by atoms with Gasteiger partial charge in [0.15, 0.2) is 0 Å². The Kier molecular flexibility index (Phi) is 6.86. The van der Waals surface area contributed by atoms with Crippen LogP contribution < -0.4 is 5.32 Å². The molecule has 4 nitrogen and oxygen atoms in total. The lowest BCUT2D eigenvalue weighted by atomic mass is 10.1. The molecule has 1 aromatic heterocycles. The zero-order valence-electron chi connectivity index (χ0n) is 11.4. The predicted octanol–water partition coefficient (Wildman–Crippen LogP) is 2.75. The molecule has 0 aliphatic heterocycles. The second-order valence-corrected chi connectivity index (χ2v) is 4.85. The van der Waals surface area contributed by atoms with Crippen LogP contribution in [0.4, 0.5) is 0 Å². The molecule has 17 heavy (non-hydrogen) atoms. The van der Waals surface area contributed by atoms with Crippen LogP contribution in [-0.2, 0) is 13.1 Å². The van der Waals surface area contributed by atoms with Crippen LogP contribution >= 0.6 is 0 Å². The largest absolute Gasteiger partial charge is 0.308 e. The van der Waals surface area contributed by atoms with Crippen molar-refractivity contribution in [3.8, 4) is 0 Å². The van der Waals surface area contributed by atoms with Gasteiger partial charge in [-0.1, -0.05) is 46.5 Å². The molecule has 0 spiro atoms. The van der Waals surface area contributed by atoms with E-state index in [2.05, 4.69) is 36.2 Å². The predicted molar refractivity (Wildman–Crippen MR) is 70.8 cm³/mol. The number of hydrogen-bond donors (Lipinski definition) is 1. The van der Waals surface area contributed by atoms with Crippen molar-refractivity contribution in [1.29, 1.82) is 0 Å². The molecule has 0 fully saturated rings. The first-order chi connectivity index (χ1) is 8.24. The first-order valence-electron chi connectivity index (χ1n) is 6.84. The Bertz CT molecular complexity index is 293. The molecule has 1 aromatic rings. The number of unbranched alkanes of at least 4 members (excludes halogenated alkanes) is 4. The van der Waals surface area contributed by atoms with Gasteiger partial charge in [-0.15, -0.1) is 0 Å². The molecule has 0 bridgehead atoms. The topological polar surface area (TPSA) is 42.7 Å². The van der Waals surface area contributed by atoms with Crippen molar-refractivity contribution < 1.29 is 0 Å². The number of nitrogens with zero attached hydrogens (tertiary/aromatic N) is 3. The number of rotatable bonds is 9. The fraction of sp³-hybridized carbons (Fsp3) is 0.846. The highest BCUT2D eigenvalue weighted by Gasteiger charge is 2.04. The van der Waals surface area contributed by atoms with Gasteiger partial charge in [-0.3, -0.25) is 0 Å². The van der Waals surface area contributed by atoms with Gasteiger partial charge < -0.3 is 5.32 Å². The van der Waals surface area contributed by atoms with Gasteiger partial charge in [-0.25, -0.2) is 9.67 Å². The zero-order valence-corrected chi connectivity index (χ0v) is 11.4. The molecule has 0 atom stereocenters. The summed E-state index contributed by atoms with van der Waals surface area (Å²) >= 11 is 0. The third-order valence-electron chi connectivity index (χ3n) is 2.84. The number of aryl methyl sites for hydroxylation is 1. The summed E-state index contributed by atoms with van der Waals surface area (Å²) in [7, 11) is 0. The average molecular weight is 238 g/mol. The van der Waals surface area contributed by atoms with Crippen LogP contribution in [0.5, 0.6) is 0 Å². The van der Waals surface area contributed by atoms with Crippen molar-refractivity contribution >= 4 is 0 Å². The highest BCUT2D eigenvalue weighted by molar-refractivity contribution is 4.84. The minimum absolute atomic E-state index is 0.490. The molecule has 0 radical (unpaired) electrons. The summed E-state index contributed by atoms with van der Waals surface area (Å²) in [6.45, 7) is 8.34. The van der Waals surface area contributed by atoms with E-state index in [4.69, 9.17) is 0 Å². The Morgan fingerprint density at radius 2 is 2.00 bits per heavy atom. The van der Waals surface area contributed by atoms with E-state index in [0.717, 1.165) is 18.9 Å². The lowest BCUT2D eigenvalue weighted by Gasteiger charge is -2.09. The molecule has 4 heteroatoms. The Labute approximate surface area is 105 Å². The summed E-state index contributed by atoms with van der Waals surface area (Å²) < 4.78 is 2.03. The van der Waals surface area contributed by atoms with Gasteiger partial charge >= 0.3 is 0 Å². The van der Waals surface area contributed by atoms with Gasteiger partial charge in [-0.05, 0) is 6.42 Å². The van der Waals surface area contributed by atoms with Gasteiger partial charge in [0.2, 0.25) is 0 Å². The van der Waals surface area contributed by atoms with E-state index in [9.17, 15) is 0 Å². The van der Waals surface area contributed by atoms with Gasteiger partial charge in [0, 0.05) is 12.6 Å². The van der Waals surface area contributed by atoms with Gasteiger partial charge in [-0.2, -0.15) is 5.10 Å². The van der Waals surface area contributed by atoms with E-state index < -0.39 is 0 Å². The Hall–Kier alpha value is -0.900. The van der Waals surface area contributed by atoms with E-state index in [1.807, 2.05) is 4.68 Å². The summed E-state index contributed by atoms with van der Waals surface area (Å²) in [5, 5.41) is 7.65. The molecule has 98 valence electrons. The monoisotopic (exact) mass is 238 g/mol. The Balaban J connectivity index is 2.25. The standard InChI is InChI=1S/C13H26N4/c1-4-5-6-7-8-9-17-13(15-11-16-17)10-14-12(2)3/h11-12,14H,4-10H2,1-3H3. The number of aromatic nitrogens is 3. The quantitative estimate of drug-likeness (QED) is 0.673. The maximum atomic E-state index is 4.29. The Morgan fingerprint density at radius 3 is 2.71 bits per heavy atom. The fourth-order valence-electron chi connectivity index (χ4n) is 1.77. The smallest absolute Gasteiger partial charge is 0.140 e. The van der Waals surface area contributed by atoms with Crippen molar-refractivity contribution in [3.05, 3.63) is 12.2 Å². The maximum Gasteiger partial charge on any atom is 0.140 e. The van der Waals surface area contributed by atoms with E-state index in [-0.39, 0.29) is 0 Å². The third kappa shape index (κ3) is 5.82. The van der Waals surface area contributed by atoms with Crippen LogP contribution in [0.1, 0.15) is 58.7 Å². The van der Waals surface area contributed by atoms with E-state index in [1.165, 1.54) is 32.1 Å². The second kappa shape index (κ2) is 8.23. The Morgan fingerprint density at radius 1 is 1.24 bits per heavy atom. The molecular weight excluding hydrogens is 212 g/mol. The highest BCUT2D eigenvalue weighted by atomic mass is 15.3. The molecule has 1 N–H and O–H groups in total. The zero-order chi connectivity index (χ0) is 12.5. The lowest BCUT2D eigenvalue weighted by molar-refractivity contribution is 0.490. The molecule has 1 rings (SSSR count). The molecular formula is C13H26N4. The minimum atomic E-state index is 0.490. The maximum absolute atomic E-state index is 4.29. The van der Waals surface area contributed by atoms with Crippen LogP contribution in [0.25, 0.3) is 0 Å². The van der Waals surface area contributed by atoms with Crippen molar-refractivity contribution in [2.75, 3.05) is 0 Å². The first-order valence-corrected chi connectivity index (χ1v) is 6.84. The van der Waals surface area contributed by atoms with Gasteiger partial charge in [0.05, 0.1) is 6.54 Å². The average Bonchev–Trinajstić information content (AvgIpc) is 2.73. The van der Waals surface area contributed by atoms with Crippen molar-refractivity contribution in [1.82, 2.24) is 20.1 Å². The summed E-state index contributed by atoms with van der Waals surface area (Å²) in [5.74, 6) is 1.05. The first kappa shape index (κ1) is 14.2.